The number of rotatable bonds is 6. The molecule has 0 bridgehead atoms. The van der Waals surface area contributed by atoms with Crippen molar-refractivity contribution in [2.75, 3.05) is 0 Å². The zero-order valence-corrected chi connectivity index (χ0v) is 44.6. The van der Waals surface area contributed by atoms with E-state index in [-0.39, 0.29) is 14.5 Å². The molecule has 0 aliphatic carbocycles. The van der Waals surface area contributed by atoms with Crippen LogP contribution in [-0.2, 0) is 0 Å². The van der Waals surface area contributed by atoms with Gasteiger partial charge in [-0.2, -0.15) is 0 Å². The molecule has 0 aliphatic rings. The van der Waals surface area contributed by atoms with Crippen molar-refractivity contribution in [1.82, 2.24) is 9.13 Å². The van der Waals surface area contributed by atoms with Gasteiger partial charge in [-0.15, -0.1) is 0 Å². The fraction of sp³-hybridized carbons (Fsp3) is 0. The molecule has 79 heavy (non-hydrogen) atoms. The molecular formula is C76H46N2Se. The van der Waals surface area contributed by atoms with Crippen molar-refractivity contribution in [3.63, 3.8) is 0 Å². The van der Waals surface area contributed by atoms with E-state index in [4.69, 9.17) is 0 Å². The molecule has 0 atom stereocenters. The molecule has 3 aromatic heterocycles. The quantitative estimate of drug-likeness (QED) is 0.116. The molecule has 0 unspecified atom stereocenters. The molecule has 0 N–H and O–H groups in total. The topological polar surface area (TPSA) is 9.86 Å². The van der Waals surface area contributed by atoms with Crippen LogP contribution in [0.2, 0.25) is 0 Å². The molecule has 0 spiro atoms. The molecule has 0 saturated carbocycles. The predicted molar refractivity (Wildman–Crippen MR) is 339 cm³/mol. The fourth-order valence-corrected chi connectivity index (χ4v) is 16.0. The first-order chi connectivity index (χ1) is 39.2. The second kappa shape index (κ2) is 17.4. The molecule has 3 heteroatoms. The summed E-state index contributed by atoms with van der Waals surface area (Å²) in [5.74, 6) is 0. The molecule has 0 saturated heterocycles. The van der Waals surface area contributed by atoms with Crippen LogP contribution in [0.1, 0.15) is 0 Å². The van der Waals surface area contributed by atoms with Gasteiger partial charge in [-0.3, -0.25) is 0 Å². The van der Waals surface area contributed by atoms with Crippen LogP contribution in [0.4, 0.5) is 0 Å². The molecule has 0 radical (unpaired) electrons. The summed E-state index contributed by atoms with van der Waals surface area (Å²) >= 11 is 0.134. The molecule has 0 fully saturated rings. The fourth-order valence-electron chi connectivity index (χ4n) is 13.6. The Bertz CT molecular complexity index is 5310. The standard InChI is InChI=1S/C76H46N2Se/c1-3-21-50(22-4-1)77-68-38-15-13-26-54(68)63-35-18-34-62(75(63)77)53-32-17-33-61-66(53)44-47-20-7-8-25-52(47)72(61)49-40-42-56-67-45-48(41-43-70(67)79-71(56)46-49)73-57-28-9-11-30-59(57)74(60-31-12-10-29-58(60)73)65-37-19-36-64-55-27-14-16-39-69(55)78(76(64)65)51-23-5-2-6-24-51/h1-46H. The van der Waals surface area contributed by atoms with E-state index in [0.717, 1.165) is 11.4 Å². The Balaban J connectivity index is 0.846. The zero-order valence-electron chi connectivity index (χ0n) is 42.9. The SMILES string of the molecule is c1ccc(-n2c3ccccc3c3cccc(-c4cccc5c(-c6ccc7c(c6)[se]c6ccc(-c8c9ccccc9c(-c9cccc%10c%11ccccc%11n(-c%11ccccc%11)c9%10)c9ccccc89)cc67)c6ccccc6cc45)c32)cc1. The Hall–Kier alpha value is -9.76. The normalized spacial score (nSPS) is 12.1. The summed E-state index contributed by atoms with van der Waals surface area (Å²) in [7, 11) is 0. The second-order valence-electron chi connectivity index (χ2n) is 21.0. The average molecular weight is 1070 g/mol. The first-order valence-electron chi connectivity index (χ1n) is 27.2. The molecule has 3 heterocycles. The minimum absolute atomic E-state index is 0.134. The Kier molecular flexibility index (Phi) is 9.76. The van der Waals surface area contributed by atoms with Crippen molar-refractivity contribution in [2.24, 2.45) is 0 Å². The predicted octanol–water partition coefficient (Wildman–Crippen LogP) is 20.5. The Morgan fingerprint density at radius 2 is 0.671 bits per heavy atom. The first kappa shape index (κ1) is 44.4. The van der Waals surface area contributed by atoms with E-state index in [2.05, 4.69) is 288 Å². The smallest absolute Gasteiger partial charge is 0.0602 e. The van der Waals surface area contributed by atoms with Crippen molar-refractivity contribution in [3.8, 4) is 55.9 Å². The molecule has 0 amide bonds. The van der Waals surface area contributed by atoms with E-state index >= 15 is 0 Å². The second-order valence-corrected chi connectivity index (χ2v) is 23.3. The van der Waals surface area contributed by atoms with Crippen LogP contribution in [0, 0.1) is 0 Å². The summed E-state index contributed by atoms with van der Waals surface area (Å²) in [5, 5.41) is 17.8. The van der Waals surface area contributed by atoms with Gasteiger partial charge in [-0.25, -0.2) is 0 Å². The summed E-state index contributed by atoms with van der Waals surface area (Å²) in [6, 6.07) is 104. The Morgan fingerprint density at radius 1 is 0.228 bits per heavy atom. The van der Waals surface area contributed by atoms with Crippen LogP contribution in [0.3, 0.4) is 0 Å². The van der Waals surface area contributed by atoms with Gasteiger partial charge in [0, 0.05) is 0 Å². The van der Waals surface area contributed by atoms with Gasteiger partial charge < -0.3 is 0 Å². The van der Waals surface area contributed by atoms with E-state index in [1.165, 1.54) is 151 Å². The van der Waals surface area contributed by atoms with Crippen LogP contribution >= 0.6 is 0 Å². The maximum absolute atomic E-state index is 2.52. The van der Waals surface area contributed by atoms with Crippen LogP contribution in [0.5, 0.6) is 0 Å². The van der Waals surface area contributed by atoms with Crippen LogP contribution in [-0.4, -0.2) is 23.6 Å². The van der Waals surface area contributed by atoms with Gasteiger partial charge in [-0.1, -0.05) is 66.7 Å². The monoisotopic (exact) mass is 1070 g/mol. The number of fused-ring (bicyclic) bond motifs is 13. The Morgan fingerprint density at radius 3 is 1.30 bits per heavy atom. The van der Waals surface area contributed by atoms with E-state index in [1.54, 1.807) is 0 Å². The van der Waals surface area contributed by atoms with Gasteiger partial charge in [0.05, 0.1) is 0 Å². The van der Waals surface area contributed by atoms with E-state index in [1.807, 2.05) is 0 Å². The molecule has 17 rings (SSSR count). The summed E-state index contributed by atoms with van der Waals surface area (Å²) in [4.78, 5) is 0. The minimum Gasteiger partial charge on any atom is -0.0602 e. The third-order valence-electron chi connectivity index (χ3n) is 16.9. The summed E-state index contributed by atoms with van der Waals surface area (Å²) in [5.41, 5.74) is 17.2. The molecule has 0 aliphatic heterocycles. The number of benzene rings is 14. The van der Waals surface area contributed by atoms with Gasteiger partial charge in [-0.05, 0) is 18.2 Å². The van der Waals surface area contributed by atoms with Crippen LogP contribution in [0.15, 0.2) is 279 Å². The number of nitrogens with zero attached hydrogens (tertiary/aromatic N) is 2. The van der Waals surface area contributed by atoms with Gasteiger partial charge in [0.25, 0.3) is 0 Å². The Labute approximate surface area is 461 Å². The summed E-state index contributed by atoms with van der Waals surface area (Å²) in [6.45, 7) is 0. The maximum atomic E-state index is 2.52. The molecule has 366 valence electrons. The number of aromatic nitrogens is 2. The van der Waals surface area contributed by atoms with Crippen molar-refractivity contribution < 1.29 is 0 Å². The minimum atomic E-state index is 0.134. The zero-order chi connectivity index (χ0) is 51.7. The van der Waals surface area contributed by atoms with Crippen molar-refractivity contribution >= 4 is 120 Å². The number of hydrogen-bond donors (Lipinski definition) is 0. The van der Waals surface area contributed by atoms with E-state index in [0.29, 0.717) is 0 Å². The van der Waals surface area contributed by atoms with Crippen molar-refractivity contribution in [3.05, 3.63) is 279 Å². The summed E-state index contributed by atoms with van der Waals surface area (Å²) < 4.78 is 7.79. The van der Waals surface area contributed by atoms with Crippen molar-refractivity contribution in [1.29, 1.82) is 0 Å². The first-order valence-corrected chi connectivity index (χ1v) is 29.0. The van der Waals surface area contributed by atoms with Gasteiger partial charge in [0.1, 0.15) is 0 Å². The molecule has 2 nitrogen and oxygen atoms in total. The third-order valence-corrected chi connectivity index (χ3v) is 19.2. The van der Waals surface area contributed by atoms with Gasteiger partial charge >= 0.3 is 380 Å². The van der Waals surface area contributed by atoms with Gasteiger partial charge in [0.2, 0.25) is 0 Å². The molecule has 17 aromatic rings. The third kappa shape index (κ3) is 6.58. The van der Waals surface area contributed by atoms with Crippen LogP contribution in [0.25, 0.3) is 162 Å². The molecular weight excluding hydrogens is 1020 g/mol. The number of para-hydroxylation sites is 6. The van der Waals surface area contributed by atoms with Gasteiger partial charge in [0.15, 0.2) is 0 Å². The average Bonchev–Trinajstić information content (AvgIpc) is 4.32. The van der Waals surface area contributed by atoms with Crippen molar-refractivity contribution in [2.45, 2.75) is 0 Å². The number of hydrogen-bond acceptors (Lipinski definition) is 0. The van der Waals surface area contributed by atoms with E-state index < -0.39 is 0 Å². The molecule has 14 aromatic carbocycles. The summed E-state index contributed by atoms with van der Waals surface area (Å²) in [6.07, 6.45) is 0. The van der Waals surface area contributed by atoms with Crippen LogP contribution < -0.4 is 0 Å². The van der Waals surface area contributed by atoms with E-state index in [9.17, 15) is 0 Å².